The minimum Gasteiger partial charge on any atom is -0.489 e. The molecule has 0 fully saturated rings. The summed E-state index contributed by atoms with van der Waals surface area (Å²) in [5.41, 5.74) is 2.47. The zero-order valence-electron chi connectivity index (χ0n) is 14.9. The molecule has 0 aliphatic rings. The molecule has 1 amide bonds. The Morgan fingerprint density at radius 3 is 2.36 bits per heavy atom. The molecule has 0 saturated heterocycles. The maximum Gasteiger partial charge on any atom is 0.266 e. The van der Waals surface area contributed by atoms with Gasteiger partial charge in [0.2, 0.25) is 0 Å². The first-order valence-electron chi connectivity index (χ1n) is 8.60. The normalized spacial score (nSPS) is 10.8. The van der Waals surface area contributed by atoms with Crippen molar-refractivity contribution < 1.29 is 9.53 Å². The molecular weight excluding hydrogens is 416 g/mol. The van der Waals surface area contributed by atoms with Gasteiger partial charge in [0.1, 0.15) is 24.0 Å². The average molecular weight is 433 g/mol. The highest BCUT2D eigenvalue weighted by Crippen LogP contribution is 2.20. The van der Waals surface area contributed by atoms with E-state index >= 15 is 0 Å². The van der Waals surface area contributed by atoms with Crippen molar-refractivity contribution in [3.8, 4) is 11.8 Å². The summed E-state index contributed by atoms with van der Waals surface area (Å²) in [6.07, 6.45) is 1.55. The van der Waals surface area contributed by atoms with Gasteiger partial charge < -0.3 is 10.1 Å². The number of hydrogen-bond donors (Lipinski definition) is 1. The Labute approximate surface area is 172 Å². The number of anilines is 1. The second-order valence-electron chi connectivity index (χ2n) is 5.94. The van der Waals surface area contributed by atoms with Crippen molar-refractivity contribution in [2.75, 3.05) is 5.32 Å². The molecular formula is C23H17BrN2O2. The second-order valence-corrected chi connectivity index (χ2v) is 6.79. The summed E-state index contributed by atoms with van der Waals surface area (Å²) in [4.78, 5) is 12.3. The number of halogens is 1. The summed E-state index contributed by atoms with van der Waals surface area (Å²) >= 11 is 3.50. The molecule has 0 atom stereocenters. The lowest BCUT2D eigenvalue weighted by molar-refractivity contribution is -0.112. The molecule has 0 unspecified atom stereocenters. The van der Waals surface area contributed by atoms with E-state index < -0.39 is 5.91 Å². The van der Waals surface area contributed by atoms with Crippen molar-refractivity contribution in [1.29, 1.82) is 5.26 Å². The minimum atomic E-state index is -0.442. The number of carbonyl (C=O) groups excluding carboxylic acids is 1. The maximum atomic E-state index is 12.3. The monoisotopic (exact) mass is 432 g/mol. The molecule has 5 heteroatoms. The number of amides is 1. The van der Waals surface area contributed by atoms with Crippen LogP contribution in [0.3, 0.4) is 0 Å². The fourth-order valence-electron chi connectivity index (χ4n) is 2.47. The summed E-state index contributed by atoms with van der Waals surface area (Å²) in [7, 11) is 0. The van der Waals surface area contributed by atoms with E-state index in [1.807, 2.05) is 72.8 Å². The van der Waals surface area contributed by atoms with Crippen LogP contribution in [0.2, 0.25) is 0 Å². The zero-order chi connectivity index (χ0) is 19.8. The van der Waals surface area contributed by atoms with E-state index in [0.717, 1.165) is 15.6 Å². The molecule has 0 heterocycles. The van der Waals surface area contributed by atoms with Crippen molar-refractivity contribution in [2.24, 2.45) is 0 Å². The molecule has 3 rings (SSSR count). The van der Waals surface area contributed by atoms with Gasteiger partial charge in [0, 0.05) is 15.7 Å². The van der Waals surface area contributed by atoms with Crippen molar-refractivity contribution in [1.82, 2.24) is 0 Å². The van der Waals surface area contributed by atoms with Gasteiger partial charge in [-0.1, -0.05) is 64.5 Å². The van der Waals surface area contributed by atoms with Gasteiger partial charge in [-0.25, -0.2) is 0 Å². The molecule has 3 aromatic rings. The van der Waals surface area contributed by atoms with E-state index in [4.69, 9.17) is 4.74 Å². The highest BCUT2D eigenvalue weighted by molar-refractivity contribution is 9.10. The summed E-state index contributed by atoms with van der Waals surface area (Å²) < 4.78 is 6.79. The number of nitriles is 1. The van der Waals surface area contributed by atoms with E-state index in [9.17, 15) is 10.1 Å². The fraction of sp³-hybridized carbons (Fsp3) is 0.0435. The van der Waals surface area contributed by atoms with Gasteiger partial charge in [0.25, 0.3) is 5.91 Å². The van der Waals surface area contributed by atoms with Crippen LogP contribution in [0.5, 0.6) is 5.75 Å². The number of benzene rings is 3. The third-order valence-corrected chi connectivity index (χ3v) is 4.71. The van der Waals surface area contributed by atoms with Crippen molar-refractivity contribution in [3.05, 3.63) is 100 Å². The molecule has 0 aromatic heterocycles. The lowest BCUT2D eigenvalue weighted by Crippen LogP contribution is -2.13. The average Bonchev–Trinajstić information content (AvgIpc) is 2.73. The number of ether oxygens (including phenoxy) is 1. The van der Waals surface area contributed by atoms with E-state index in [0.29, 0.717) is 18.0 Å². The predicted octanol–water partition coefficient (Wildman–Crippen LogP) is 5.57. The quantitative estimate of drug-likeness (QED) is 0.408. The lowest BCUT2D eigenvalue weighted by atomic mass is 10.1. The van der Waals surface area contributed by atoms with Gasteiger partial charge in [-0.05, 0) is 42.0 Å². The van der Waals surface area contributed by atoms with Crippen molar-refractivity contribution in [2.45, 2.75) is 6.61 Å². The minimum absolute atomic E-state index is 0.0331. The standard InChI is InChI=1S/C23H17BrN2O2/c24-22-9-5-4-6-18(22)16-28-21-12-10-17(11-13-21)14-19(15-25)23(27)26-20-7-2-1-3-8-20/h1-14H,16H2,(H,26,27)/b19-14+. The number of rotatable bonds is 6. The number of nitrogens with zero attached hydrogens (tertiary/aromatic N) is 1. The van der Waals surface area contributed by atoms with Gasteiger partial charge >= 0.3 is 0 Å². The zero-order valence-corrected chi connectivity index (χ0v) is 16.5. The number of nitrogens with one attached hydrogen (secondary N) is 1. The third kappa shape index (κ3) is 5.32. The van der Waals surface area contributed by atoms with Gasteiger partial charge in [-0.3, -0.25) is 4.79 Å². The van der Waals surface area contributed by atoms with Crippen LogP contribution in [0.1, 0.15) is 11.1 Å². The molecule has 0 saturated carbocycles. The van der Waals surface area contributed by atoms with Crippen LogP contribution in [0.25, 0.3) is 6.08 Å². The first kappa shape index (κ1) is 19.4. The predicted molar refractivity (Wildman–Crippen MR) is 114 cm³/mol. The molecule has 4 nitrogen and oxygen atoms in total. The van der Waals surface area contributed by atoms with Gasteiger partial charge in [0.15, 0.2) is 0 Å². The topological polar surface area (TPSA) is 62.1 Å². The molecule has 0 aliphatic carbocycles. The third-order valence-electron chi connectivity index (χ3n) is 3.94. The first-order valence-corrected chi connectivity index (χ1v) is 9.39. The SMILES string of the molecule is N#C/C(=C\c1ccc(OCc2ccccc2Br)cc1)C(=O)Nc1ccccc1. The molecule has 0 radical (unpaired) electrons. The van der Waals surface area contributed by atoms with Gasteiger partial charge in [0.05, 0.1) is 0 Å². The van der Waals surface area contributed by atoms with Crippen molar-refractivity contribution in [3.63, 3.8) is 0 Å². The van der Waals surface area contributed by atoms with Gasteiger partial charge in [-0.2, -0.15) is 5.26 Å². The van der Waals surface area contributed by atoms with Crippen LogP contribution in [0, 0.1) is 11.3 Å². The van der Waals surface area contributed by atoms with Crippen LogP contribution in [0.15, 0.2) is 88.9 Å². The Hall–Kier alpha value is -3.36. The van der Waals surface area contributed by atoms with E-state index in [2.05, 4.69) is 21.2 Å². The highest BCUT2D eigenvalue weighted by Gasteiger charge is 2.09. The smallest absolute Gasteiger partial charge is 0.266 e. The second kappa shape index (κ2) is 9.54. The van der Waals surface area contributed by atoms with Crippen LogP contribution < -0.4 is 10.1 Å². The van der Waals surface area contributed by atoms with Crippen molar-refractivity contribution >= 4 is 33.6 Å². The highest BCUT2D eigenvalue weighted by atomic mass is 79.9. The molecule has 138 valence electrons. The van der Waals surface area contributed by atoms with Crippen LogP contribution in [0.4, 0.5) is 5.69 Å². The largest absolute Gasteiger partial charge is 0.489 e. The van der Waals surface area contributed by atoms with Crippen LogP contribution in [-0.2, 0) is 11.4 Å². The molecule has 0 aliphatic heterocycles. The maximum absolute atomic E-state index is 12.3. The van der Waals surface area contributed by atoms with E-state index in [-0.39, 0.29) is 5.57 Å². The van der Waals surface area contributed by atoms with Gasteiger partial charge in [-0.15, -0.1) is 0 Å². The number of para-hydroxylation sites is 1. The molecule has 1 N–H and O–H groups in total. The Kier molecular flexibility index (Phi) is 6.61. The molecule has 28 heavy (non-hydrogen) atoms. The van der Waals surface area contributed by atoms with E-state index in [1.54, 1.807) is 18.2 Å². The van der Waals surface area contributed by atoms with Crippen LogP contribution in [-0.4, -0.2) is 5.91 Å². The molecule has 0 spiro atoms. The Morgan fingerprint density at radius 1 is 1.00 bits per heavy atom. The molecule has 0 bridgehead atoms. The summed E-state index contributed by atoms with van der Waals surface area (Å²) in [5.74, 6) is 0.267. The Morgan fingerprint density at radius 2 is 1.68 bits per heavy atom. The fourth-order valence-corrected chi connectivity index (χ4v) is 2.87. The summed E-state index contributed by atoms with van der Waals surface area (Å²) in [6.45, 7) is 0.444. The first-order chi connectivity index (χ1) is 13.7. The molecule has 3 aromatic carbocycles. The summed E-state index contributed by atoms with van der Waals surface area (Å²) in [5, 5.41) is 12.0. The lowest BCUT2D eigenvalue weighted by Gasteiger charge is -2.08. The van der Waals surface area contributed by atoms with E-state index in [1.165, 1.54) is 0 Å². The number of hydrogen-bond acceptors (Lipinski definition) is 3. The Balaban J connectivity index is 1.65. The van der Waals surface area contributed by atoms with Crippen LogP contribution >= 0.6 is 15.9 Å². The Bertz CT molecular complexity index is 1020. The number of carbonyl (C=O) groups is 1. The summed E-state index contributed by atoms with van der Waals surface area (Å²) in [6, 6.07) is 26.1.